The van der Waals surface area contributed by atoms with Gasteiger partial charge in [0.25, 0.3) is 0 Å². The molecule has 0 bridgehead atoms. The number of thiazole rings is 1. The molecule has 3 heterocycles. The molecule has 4 N–H and O–H groups in total. The number of alkyl halides is 2. The van der Waals surface area contributed by atoms with Crippen molar-refractivity contribution in [3.8, 4) is 10.6 Å². The molecular weight excluding hydrogens is 498 g/mol. The number of hydrogen-bond acceptors (Lipinski definition) is 9. The summed E-state index contributed by atoms with van der Waals surface area (Å²) < 4.78 is 28.0. The maximum atomic E-state index is 13.5. The fraction of sp³-hybridized carbons (Fsp3) is 0.615. The van der Waals surface area contributed by atoms with Crippen LogP contribution in [0.25, 0.3) is 20.8 Å². The Labute approximate surface area is 218 Å². The van der Waals surface area contributed by atoms with Crippen molar-refractivity contribution in [1.29, 1.82) is 0 Å². The van der Waals surface area contributed by atoms with E-state index in [0.29, 0.717) is 39.9 Å². The molecule has 198 valence electrons. The van der Waals surface area contributed by atoms with Gasteiger partial charge in [0.15, 0.2) is 0 Å². The molecule has 3 aromatic heterocycles. The predicted octanol–water partition coefficient (Wildman–Crippen LogP) is 4.72. The largest absolute Gasteiger partial charge is 0.390 e. The van der Waals surface area contributed by atoms with Gasteiger partial charge in [-0.2, -0.15) is 4.98 Å². The molecule has 6 rings (SSSR count). The van der Waals surface area contributed by atoms with Gasteiger partial charge < -0.3 is 20.8 Å². The van der Waals surface area contributed by atoms with Crippen LogP contribution in [0.5, 0.6) is 0 Å². The summed E-state index contributed by atoms with van der Waals surface area (Å²) in [6.07, 6.45) is 1.97. The van der Waals surface area contributed by atoms with Crippen LogP contribution >= 0.6 is 11.3 Å². The van der Waals surface area contributed by atoms with Crippen molar-refractivity contribution in [2.75, 3.05) is 10.6 Å². The second-order valence-electron chi connectivity index (χ2n) is 10.8. The van der Waals surface area contributed by atoms with Gasteiger partial charge in [-0.05, 0) is 57.9 Å². The molecule has 0 amide bonds. The molecule has 8 nitrogen and oxygen atoms in total. The first-order chi connectivity index (χ1) is 17.8. The van der Waals surface area contributed by atoms with E-state index in [0.717, 1.165) is 28.8 Å². The Hall–Kier alpha value is -2.50. The highest BCUT2D eigenvalue weighted by Gasteiger charge is 2.46. The average molecular weight is 531 g/mol. The molecule has 0 saturated heterocycles. The van der Waals surface area contributed by atoms with Crippen LogP contribution in [0.3, 0.4) is 0 Å². The third-order valence-corrected chi connectivity index (χ3v) is 9.23. The highest BCUT2D eigenvalue weighted by atomic mass is 32.1. The first-order valence-electron chi connectivity index (χ1n) is 13.1. The molecule has 0 spiro atoms. The molecule has 0 radical (unpaired) electrons. The molecule has 3 aromatic rings. The van der Waals surface area contributed by atoms with E-state index < -0.39 is 30.6 Å². The molecule has 3 saturated carbocycles. The number of anilines is 2. The van der Waals surface area contributed by atoms with Crippen LogP contribution in [0.2, 0.25) is 0 Å². The standard InChI is InChI=1S/C26H32F2N6O2S/c1-11(13-4-3-5-13)30-26-31-12(2)18(24(34-26)32-16-10-15(23(27)28)21(35)22(16)36)25-33-20-17(37-25)8-9-29-19(20)14-6-7-14/h8-9,11,13-16,21-23,35-36H,3-7,10H2,1-2H3,(H2,30,31,32,34)/t11-,15+,16-,21-,22+/m1/s1. The van der Waals surface area contributed by atoms with Crippen molar-refractivity contribution in [3.05, 3.63) is 23.7 Å². The second-order valence-corrected chi connectivity index (χ2v) is 11.8. The third-order valence-electron chi connectivity index (χ3n) is 8.19. The average Bonchev–Trinajstić information content (AvgIpc) is 3.50. The zero-order chi connectivity index (χ0) is 25.8. The quantitative estimate of drug-likeness (QED) is 0.331. The molecule has 11 heteroatoms. The summed E-state index contributed by atoms with van der Waals surface area (Å²) in [4.78, 5) is 19.0. The van der Waals surface area contributed by atoms with Crippen molar-refractivity contribution in [3.63, 3.8) is 0 Å². The minimum Gasteiger partial charge on any atom is -0.390 e. The Morgan fingerprint density at radius 3 is 2.51 bits per heavy atom. The van der Waals surface area contributed by atoms with Crippen molar-refractivity contribution >= 4 is 33.3 Å². The number of aliphatic hydroxyl groups excluding tert-OH is 2. The summed E-state index contributed by atoms with van der Waals surface area (Å²) >= 11 is 1.52. The Bertz CT molecular complexity index is 1300. The minimum atomic E-state index is -2.72. The third kappa shape index (κ3) is 4.66. The van der Waals surface area contributed by atoms with Crippen LogP contribution in [0.1, 0.15) is 62.8 Å². The summed E-state index contributed by atoms with van der Waals surface area (Å²) in [5.41, 5.74) is 3.26. The van der Waals surface area contributed by atoms with Gasteiger partial charge >= 0.3 is 0 Å². The lowest BCUT2D eigenvalue weighted by atomic mass is 9.80. The fourth-order valence-corrected chi connectivity index (χ4v) is 6.60. The minimum absolute atomic E-state index is 0.0701. The van der Waals surface area contributed by atoms with Gasteiger partial charge in [0.1, 0.15) is 22.4 Å². The van der Waals surface area contributed by atoms with Gasteiger partial charge in [-0.15, -0.1) is 11.3 Å². The van der Waals surface area contributed by atoms with Crippen molar-refractivity contribution < 1.29 is 19.0 Å². The molecule has 3 aliphatic carbocycles. The first-order valence-corrected chi connectivity index (χ1v) is 13.9. The molecule has 0 aliphatic heterocycles. The fourth-order valence-electron chi connectivity index (χ4n) is 5.53. The number of aryl methyl sites for hydroxylation is 1. The highest BCUT2D eigenvalue weighted by molar-refractivity contribution is 7.21. The molecule has 3 aliphatic rings. The lowest BCUT2D eigenvalue weighted by molar-refractivity contribution is -0.0333. The number of aliphatic hydroxyl groups is 2. The van der Waals surface area contributed by atoms with E-state index in [1.165, 1.54) is 30.6 Å². The second kappa shape index (κ2) is 9.67. The summed E-state index contributed by atoms with van der Waals surface area (Å²) in [6, 6.07) is 1.37. The van der Waals surface area contributed by atoms with E-state index in [4.69, 9.17) is 15.0 Å². The van der Waals surface area contributed by atoms with Crippen LogP contribution < -0.4 is 10.6 Å². The highest BCUT2D eigenvalue weighted by Crippen LogP contribution is 2.45. The zero-order valence-corrected chi connectivity index (χ0v) is 21.7. The van der Waals surface area contributed by atoms with Gasteiger partial charge in [0.05, 0.1) is 39.7 Å². The van der Waals surface area contributed by atoms with Crippen LogP contribution in [-0.2, 0) is 0 Å². The topological polar surface area (TPSA) is 116 Å². The summed E-state index contributed by atoms with van der Waals surface area (Å²) in [5, 5.41) is 28.1. The lowest BCUT2D eigenvalue weighted by Gasteiger charge is -2.32. The lowest BCUT2D eigenvalue weighted by Crippen LogP contribution is -2.36. The van der Waals surface area contributed by atoms with E-state index in [1.807, 2.05) is 19.2 Å². The number of pyridine rings is 1. The van der Waals surface area contributed by atoms with E-state index in [9.17, 15) is 19.0 Å². The molecule has 3 fully saturated rings. The number of fused-ring (bicyclic) bond motifs is 1. The molecule has 37 heavy (non-hydrogen) atoms. The zero-order valence-electron chi connectivity index (χ0n) is 20.9. The van der Waals surface area contributed by atoms with E-state index in [2.05, 4.69) is 22.5 Å². The summed E-state index contributed by atoms with van der Waals surface area (Å²) in [5.74, 6) is 0.570. The molecule has 5 atom stereocenters. The number of halogens is 2. The van der Waals surface area contributed by atoms with Gasteiger partial charge in [-0.1, -0.05) is 6.42 Å². The Morgan fingerprint density at radius 1 is 1.08 bits per heavy atom. The smallest absolute Gasteiger partial charge is 0.244 e. The van der Waals surface area contributed by atoms with E-state index >= 15 is 0 Å². The van der Waals surface area contributed by atoms with E-state index in [-0.39, 0.29) is 12.5 Å². The van der Waals surface area contributed by atoms with Gasteiger partial charge in [0, 0.05) is 18.2 Å². The molecule has 0 unspecified atom stereocenters. The number of hydrogen-bond donors (Lipinski definition) is 4. The monoisotopic (exact) mass is 530 g/mol. The van der Waals surface area contributed by atoms with E-state index in [1.54, 1.807) is 0 Å². The SMILES string of the molecule is Cc1nc(N[C@H](C)C2CCC2)nc(N[C@@H]2C[C@H](C(F)F)[C@@H](O)[C@H]2O)c1-c1nc2c(C3CC3)nccc2s1. The molecule has 0 aromatic carbocycles. The normalized spacial score (nSPS) is 27.0. The first kappa shape index (κ1) is 24.8. The number of nitrogens with one attached hydrogen (secondary N) is 2. The summed E-state index contributed by atoms with van der Waals surface area (Å²) in [6.45, 7) is 4.00. The predicted molar refractivity (Wildman–Crippen MR) is 139 cm³/mol. The Kier molecular flexibility index (Phi) is 6.48. The van der Waals surface area contributed by atoms with Gasteiger partial charge in [0.2, 0.25) is 12.4 Å². The van der Waals surface area contributed by atoms with Crippen LogP contribution in [0.4, 0.5) is 20.5 Å². The molecular formula is C26H32F2N6O2S. The van der Waals surface area contributed by atoms with Crippen LogP contribution in [-0.4, -0.2) is 60.9 Å². The Morgan fingerprint density at radius 2 is 1.86 bits per heavy atom. The van der Waals surface area contributed by atoms with Crippen molar-refractivity contribution in [2.24, 2.45) is 11.8 Å². The van der Waals surface area contributed by atoms with Crippen molar-refractivity contribution in [2.45, 2.75) is 89.0 Å². The van der Waals surface area contributed by atoms with Crippen LogP contribution in [0.15, 0.2) is 12.3 Å². The summed E-state index contributed by atoms with van der Waals surface area (Å²) in [7, 11) is 0. The van der Waals surface area contributed by atoms with Gasteiger partial charge in [-0.25, -0.2) is 18.7 Å². The van der Waals surface area contributed by atoms with Crippen molar-refractivity contribution in [1.82, 2.24) is 19.9 Å². The number of nitrogens with zero attached hydrogens (tertiary/aromatic N) is 4. The maximum absolute atomic E-state index is 13.5. The number of rotatable bonds is 8. The van der Waals surface area contributed by atoms with Gasteiger partial charge in [-0.3, -0.25) is 4.98 Å². The maximum Gasteiger partial charge on any atom is 0.244 e. The van der Waals surface area contributed by atoms with Crippen LogP contribution in [0, 0.1) is 18.8 Å². The Balaban J connectivity index is 1.39. The number of aromatic nitrogens is 4.